The fourth-order valence-electron chi connectivity index (χ4n) is 2.71. The van der Waals surface area contributed by atoms with Crippen LogP contribution in [0.3, 0.4) is 0 Å². The number of aromatic amines is 1. The molecule has 2 aliphatic rings. The first-order valence-corrected chi connectivity index (χ1v) is 7.38. The number of primary amides is 1. The Hall–Kier alpha value is -2.12. The highest BCUT2D eigenvalue weighted by Gasteiger charge is 2.30. The summed E-state index contributed by atoms with van der Waals surface area (Å²) in [6, 6.07) is -0.526. The fourth-order valence-corrected chi connectivity index (χ4v) is 2.71. The predicted molar refractivity (Wildman–Crippen MR) is 74.6 cm³/mol. The third-order valence-corrected chi connectivity index (χ3v) is 4.03. The van der Waals surface area contributed by atoms with Crippen LogP contribution in [-0.4, -0.2) is 51.7 Å². The maximum absolute atomic E-state index is 12.4. The minimum Gasteiger partial charge on any atom is -0.352 e. The van der Waals surface area contributed by atoms with E-state index in [1.165, 1.54) is 0 Å². The summed E-state index contributed by atoms with van der Waals surface area (Å²) in [5.74, 6) is 1.62. The Balaban J connectivity index is 1.59. The van der Waals surface area contributed by atoms with Gasteiger partial charge in [-0.15, -0.1) is 5.10 Å². The highest BCUT2D eigenvalue weighted by molar-refractivity contribution is 5.90. The van der Waals surface area contributed by atoms with Crippen molar-refractivity contribution in [3.05, 3.63) is 11.6 Å². The maximum atomic E-state index is 12.4. The second-order valence-corrected chi connectivity index (χ2v) is 5.82. The van der Waals surface area contributed by atoms with Crippen molar-refractivity contribution in [3.63, 3.8) is 0 Å². The highest BCUT2D eigenvalue weighted by atomic mass is 16.2. The first-order valence-electron chi connectivity index (χ1n) is 7.38. The largest absolute Gasteiger partial charge is 0.352 e. The molecule has 3 amide bonds. The van der Waals surface area contributed by atoms with Crippen molar-refractivity contribution in [2.24, 2.45) is 11.7 Å². The second-order valence-electron chi connectivity index (χ2n) is 5.82. The van der Waals surface area contributed by atoms with Gasteiger partial charge in [-0.3, -0.25) is 9.89 Å². The van der Waals surface area contributed by atoms with E-state index in [0.717, 1.165) is 31.5 Å². The van der Waals surface area contributed by atoms with Crippen LogP contribution >= 0.6 is 0 Å². The number of H-pyrrole nitrogens is 1. The van der Waals surface area contributed by atoms with Crippen molar-refractivity contribution in [1.29, 1.82) is 0 Å². The van der Waals surface area contributed by atoms with E-state index in [-0.39, 0.29) is 17.6 Å². The van der Waals surface area contributed by atoms with Gasteiger partial charge >= 0.3 is 6.03 Å². The van der Waals surface area contributed by atoms with E-state index in [0.29, 0.717) is 25.6 Å². The minimum atomic E-state index is -0.526. The third-order valence-electron chi connectivity index (χ3n) is 4.03. The summed E-state index contributed by atoms with van der Waals surface area (Å²) < 4.78 is 0. The lowest BCUT2D eigenvalue weighted by Crippen LogP contribution is -2.44. The first kappa shape index (κ1) is 13.8. The van der Waals surface area contributed by atoms with E-state index >= 15 is 0 Å². The molecule has 0 radical (unpaired) electrons. The number of piperidine rings is 1. The molecule has 0 bridgehead atoms. The second kappa shape index (κ2) is 5.71. The monoisotopic (exact) mass is 292 g/mol. The number of nitrogens with zero attached hydrogens (tertiary/aromatic N) is 3. The molecule has 1 aliphatic carbocycles. The molecule has 0 spiro atoms. The van der Waals surface area contributed by atoms with Crippen LogP contribution in [0.4, 0.5) is 4.79 Å². The fraction of sp³-hybridized carbons (Fsp3) is 0.692. The van der Waals surface area contributed by atoms with Crippen LogP contribution < -0.4 is 11.1 Å². The molecule has 2 fully saturated rings. The lowest BCUT2D eigenvalue weighted by Gasteiger charge is -2.32. The summed E-state index contributed by atoms with van der Waals surface area (Å²) in [7, 11) is 0. The molecule has 2 heterocycles. The quantitative estimate of drug-likeness (QED) is 0.735. The van der Waals surface area contributed by atoms with Gasteiger partial charge < -0.3 is 16.0 Å². The Morgan fingerprint density at radius 3 is 2.90 bits per heavy atom. The van der Waals surface area contributed by atoms with Crippen molar-refractivity contribution in [1.82, 2.24) is 25.4 Å². The number of carbonyl (C=O) groups excluding carboxylic acids is 2. The maximum Gasteiger partial charge on any atom is 0.312 e. The molecule has 1 saturated heterocycles. The van der Waals surface area contributed by atoms with Gasteiger partial charge in [0.2, 0.25) is 5.82 Å². The van der Waals surface area contributed by atoms with Crippen LogP contribution in [0.1, 0.15) is 48.0 Å². The zero-order chi connectivity index (χ0) is 14.8. The smallest absolute Gasteiger partial charge is 0.312 e. The number of nitrogens with two attached hydrogens (primary N) is 1. The van der Waals surface area contributed by atoms with Crippen molar-refractivity contribution < 1.29 is 9.59 Å². The molecular formula is C13H20N6O2. The number of amides is 3. The summed E-state index contributed by atoms with van der Waals surface area (Å²) in [6.45, 7) is 1.81. The molecule has 1 aromatic rings. The Bertz CT molecular complexity index is 539. The Morgan fingerprint density at radius 2 is 2.19 bits per heavy atom. The molecule has 1 aromatic heterocycles. The van der Waals surface area contributed by atoms with Crippen LogP contribution in [0.15, 0.2) is 0 Å². The van der Waals surface area contributed by atoms with E-state index in [1.54, 1.807) is 4.90 Å². The van der Waals surface area contributed by atoms with Gasteiger partial charge in [-0.2, -0.15) is 0 Å². The van der Waals surface area contributed by atoms with Crippen molar-refractivity contribution in [2.75, 3.05) is 19.6 Å². The molecule has 1 unspecified atom stereocenters. The van der Waals surface area contributed by atoms with E-state index in [9.17, 15) is 9.59 Å². The number of likely N-dealkylation sites (tertiary alicyclic amines) is 1. The zero-order valence-corrected chi connectivity index (χ0v) is 11.8. The topological polar surface area (TPSA) is 117 Å². The summed E-state index contributed by atoms with van der Waals surface area (Å²) >= 11 is 0. The lowest BCUT2D eigenvalue weighted by molar-refractivity contribution is 0.0663. The minimum absolute atomic E-state index is 0.137. The molecule has 4 N–H and O–H groups in total. The molecule has 8 nitrogen and oxygen atoms in total. The average molecular weight is 292 g/mol. The first-order chi connectivity index (χ1) is 10.1. The Labute approximate surface area is 122 Å². The zero-order valence-electron chi connectivity index (χ0n) is 11.8. The molecule has 21 heavy (non-hydrogen) atoms. The number of hydrogen-bond acceptors (Lipinski definition) is 4. The molecule has 1 saturated carbocycles. The number of hydrogen-bond donors (Lipinski definition) is 3. The van der Waals surface area contributed by atoms with Crippen molar-refractivity contribution in [2.45, 2.75) is 31.6 Å². The SMILES string of the molecule is NC(=O)NCC1CCCN(C(=O)c2n[nH]c(C3CC3)n2)C1. The van der Waals surface area contributed by atoms with Crippen molar-refractivity contribution >= 4 is 11.9 Å². The van der Waals surface area contributed by atoms with Gasteiger partial charge in [0.1, 0.15) is 5.82 Å². The van der Waals surface area contributed by atoms with E-state index in [1.807, 2.05) is 0 Å². The Kier molecular flexibility index (Phi) is 3.76. The van der Waals surface area contributed by atoms with Gasteiger partial charge in [-0.25, -0.2) is 9.78 Å². The van der Waals surface area contributed by atoms with E-state index < -0.39 is 6.03 Å². The van der Waals surface area contributed by atoms with Gasteiger partial charge in [0.05, 0.1) is 0 Å². The van der Waals surface area contributed by atoms with E-state index in [2.05, 4.69) is 20.5 Å². The lowest BCUT2D eigenvalue weighted by atomic mass is 9.98. The number of rotatable bonds is 4. The number of urea groups is 1. The van der Waals surface area contributed by atoms with Crippen LogP contribution in [-0.2, 0) is 0 Å². The van der Waals surface area contributed by atoms with Crippen LogP contribution in [0.2, 0.25) is 0 Å². The molecule has 114 valence electrons. The number of aromatic nitrogens is 3. The van der Waals surface area contributed by atoms with Crippen LogP contribution in [0.5, 0.6) is 0 Å². The van der Waals surface area contributed by atoms with Gasteiger partial charge in [0.25, 0.3) is 5.91 Å². The number of nitrogens with one attached hydrogen (secondary N) is 2. The molecule has 3 rings (SSSR count). The number of carbonyl (C=O) groups is 2. The van der Waals surface area contributed by atoms with Gasteiger partial charge in [0.15, 0.2) is 0 Å². The average Bonchev–Trinajstić information content (AvgIpc) is 3.22. The van der Waals surface area contributed by atoms with Crippen LogP contribution in [0.25, 0.3) is 0 Å². The normalized spacial score (nSPS) is 22.1. The van der Waals surface area contributed by atoms with Gasteiger partial charge in [-0.05, 0) is 31.6 Å². The van der Waals surface area contributed by atoms with E-state index in [4.69, 9.17) is 5.73 Å². The van der Waals surface area contributed by atoms with Crippen LogP contribution in [0, 0.1) is 5.92 Å². The van der Waals surface area contributed by atoms with Gasteiger partial charge in [-0.1, -0.05) is 0 Å². The summed E-state index contributed by atoms with van der Waals surface area (Å²) in [5, 5.41) is 9.50. The predicted octanol–water partition coefficient (Wildman–Crippen LogP) is 0.203. The summed E-state index contributed by atoms with van der Waals surface area (Å²) in [5.41, 5.74) is 5.08. The molecule has 0 aromatic carbocycles. The van der Waals surface area contributed by atoms with Crippen molar-refractivity contribution in [3.8, 4) is 0 Å². The standard InChI is InChI=1S/C13H20N6O2/c14-13(21)15-6-8-2-1-5-19(7-8)12(20)11-16-10(17-18-11)9-3-4-9/h8-9H,1-7H2,(H3,14,15,21)(H,16,17,18). The molecule has 1 atom stereocenters. The summed E-state index contributed by atoms with van der Waals surface area (Å²) in [4.78, 5) is 29.2. The van der Waals surface area contributed by atoms with Gasteiger partial charge in [0, 0.05) is 25.6 Å². The highest BCUT2D eigenvalue weighted by Crippen LogP contribution is 2.37. The molecule has 8 heteroatoms. The third kappa shape index (κ3) is 3.32. The Morgan fingerprint density at radius 1 is 1.38 bits per heavy atom. The molecular weight excluding hydrogens is 272 g/mol. The summed E-state index contributed by atoms with van der Waals surface area (Å²) in [6.07, 6.45) is 4.13. The molecule has 1 aliphatic heterocycles.